The summed E-state index contributed by atoms with van der Waals surface area (Å²) in [6.45, 7) is 3.25. The first-order chi connectivity index (χ1) is 10.3. The molecule has 1 aliphatic rings. The Morgan fingerprint density at radius 1 is 0.905 bits per heavy atom. The molecule has 0 amide bonds. The van der Waals surface area contributed by atoms with Crippen LogP contribution in [0.1, 0.15) is 17.5 Å². The van der Waals surface area contributed by atoms with Crippen LogP contribution in [0.4, 0.5) is 0 Å². The molecule has 0 radical (unpaired) electrons. The maximum absolute atomic E-state index is 5.93. The van der Waals surface area contributed by atoms with Gasteiger partial charge in [-0.05, 0) is 36.1 Å². The quantitative estimate of drug-likeness (QED) is 0.738. The minimum Gasteiger partial charge on any atom is -0.295 e. The highest BCUT2D eigenvalue weighted by molar-refractivity contribution is 6.30. The van der Waals surface area contributed by atoms with Crippen LogP contribution in [0.3, 0.4) is 0 Å². The molecule has 0 unspecified atom stereocenters. The van der Waals surface area contributed by atoms with Gasteiger partial charge in [-0.25, -0.2) is 0 Å². The fourth-order valence-corrected chi connectivity index (χ4v) is 2.89. The third-order valence-electron chi connectivity index (χ3n) is 3.98. The SMILES string of the molecule is Clc1ccc(CC2=CCN(Cc3ccccc3)CC2)cc1. The average Bonchev–Trinajstić information content (AvgIpc) is 2.53. The largest absolute Gasteiger partial charge is 0.295 e. The van der Waals surface area contributed by atoms with Crippen molar-refractivity contribution < 1.29 is 0 Å². The Morgan fingerprint density at radius 3 is 2.33 bits per heavy atom. The van der Waals surface area contributed by atoms with Gasteiger partial charge in [-0.3, -0.25) is 4.90 Å². The molecule has 2 heteroatoms. The Balaban J connectivity index is 1.55. The zero-order valence-corrected chi connectivity index (χ0v) is 12.9. The van der Waals surface area contributed by atoms with Crippen molar-refractivity contribution in [2.24, 2.45) is 0 Å². The van der Waals surface area contributed by atoms with E-state index in [1.165, 1.54) is 11.1 Å². The summed E-state index contributed by atoms with van der Waals surface area (Å²) in [6, 6.07) is 18.9. The van der Waals surface area contributed by atoms with E-state index in [9.17, 15) is 0 Å². The number of benzene rings is 2. The van der Waals surface area contributed by atoms with Crippen molar-refractivity contribution in [3.63, 3.8) is 0 Å². The summed E-state index contributed by atoms with van der Waals surface area (Å²) >= 11 is 5.93. The molecule has 2 aromatic rings. The van der Waals surface area contributed by atoms with Gasteiger partial charge in [0.2, 0.25) is 0 Å². The highest BCUT2D eigenvalue weighted by Crippen LogP contribution is 2.19. The molecule has 1 aliphatic heterocycles. The molecular weight excluding hydrogens is 278 g/mol. The van der Waals surface area contributed by atoms with Crippen LogP contribution in [0.15, 0.2) is 66.2 Å². The molecule has 0 aliphatic carbocycles. The highest BCUT2D eigenvalue weighted by Gasteiger charge is 2.12. The summed E-state index contributed by atoms with van der Waals surface area (Å²) in [4.78, 5) is 2.50. The first-order valence-corrected chi connectivity index (χ1v) is 7.86. The Morgan fingerprint density at radius 2 is 1.67 bits per heavy atom. The summed E-state index contributed by atoms with van der Waals surface area (Å²) in [6.07, 6.45) is 4.60. The van der Waals surface area contributed by atoms with Crippen LogP contribution in [0.5, 0.6) is 0 Å². The van der Waals surface area contributed by atoms with Crippen LogP contribution in [0.25, 0.3) is 0 Å². The van der Waals surface area contributed by atoms with Gasteiger partial charge in [-0.1, -0.05) is 65.7 Å². The van der Waals surface area contributed by atoms with Crippen molar-refractivity contribution >= 4 is 11.6 Å². The van der Waals surface area contributed by atoms with Crippen LogP contribution in [0.2, 0.25) is 5.02 Å². The van der Waals surface area contributed by atoms with E-state index >= 15 is 0 Å². The van der Waals surface area contributed by atoms with Gasteiger partial charge >= 0.3 is 0 Å². The molecule has 0 saturated heterocycles. The van der Waals surface area contributed by atoms with Crippen LogP contribution < -0.4 is 0 Å². The molecule has 21 heavy (non-hydrogen) atoms. The second kappa shape index (κ2) is 6.93. The van der Waals surface area contributed by atoms with E-state index < -0.39 is 0 Å². The van der Waals surface area contributed by atoms with Crippen LogP contribution >= 0.6 is 11.6 Å². The van der Waals surface area contributed by atoms with Gasteiger partial charge in [0, 0.05) is 24.7 Å². The summed E-state index contributed by atoms with van der Waals surface area (Å²) < 4.78 is 0. The Hall–Kier alpha value is -1.57. The summed E-state index contributed by atoms with van der Waals surface area (Å²) in [5.74, 6) is 0. The zero-order chi connectivity index (χ0) is 14.5. The predicted octanol–water partition coefficient (Wildman–Crippen LogP) is 4.71. The Bertz CT molecular complexity index is 601. The molecule has 3 rings (SSSR count). The van der Waals surface area contributed by atoms with Gasteiger partial charge in [0.1, 0.15) is 0 Å². The monoisotopic (exact) mass is 297 g/mol. The fraction of sp³-hybridized carbons (Fsp3) is 0.263. The summed E-state index contributed by atoms with van der Waals surface area (Å²) in [5.41, 5.74) is 4.29. The van der Waals surface area contributed by atoms with E-state index in [4.69, 9.17) is 11.6 Å². The molecular formula is C19H20ClN. The van der Waals surface area contributed by atoms with Gasteiger partial charge in [0.15, 0.2) is 0 Å². The van der Waals surface area contributed by atoms with Crippen LogP contribution in [0, 0.1) is 0 Å². The maximum atomic E-state index is 5.93. The minimum absolute atomic E-state index is 0.811. The van der Waals surface area contributed by atoms with Crippen molar-refractivity contribution in [3.8, 4) is 0 Å². The summed E-state index contributed by atoms with van der Waals surface area (Å²) in [5, 5.41) is 0.811. The van der Waals surface area contributed by atoms with Gasteiger partial charge in [0.25, 0.3) is 0 Å². The molecule has 108 valence electrons. The second-order valence-electron chi connectivity index (χ2n) is 5.64. The average molecular weight is 298 g/mol. The second-order valence-corrected chi connectivity index (χ2v) is 6.07. The van der Waals surface area contributed by atoms with Crippen molar-refractivity contribution in [2.45, 2.75) is 19.4 Å². The van der Waals surface area contributed by atoms with E-state index in [0.29, 0.717) is 0 Å². The molecule has 0 spiro atoms. The number of hydrogen-bond acceptors (Lipinski definition) is 1. The van der Waals surface area contributed by atoms with Gasteiger partial charge in [-0.2, -0.15) is 0 Å². The lowest BCUT2D eigenvalue weighted by Crippen LogP contribution is -2.28. The van der Waals surface area contributed by atoms with E-state index in [-0.39, 0.29) is 0 Å². The molecule has 2 aromatic carbocycles. The van der Waals surface area contributed by atoms with Crippen molar-refractivity contribution in [1.29, 1.82) is 0 Å². The Kier molecular flexibility index (Phi) is 4.74. The molecule has 0 bridgehead atoms. The van der Waals surface area contributed by atoms with Crippen molar-refractivity contribution in [3.05, 3.63) is 82.4 Å². The van der Waals surface area contributed by atoms with Gasteiger partial charge in [-0.15, -0.1) is 0 Å². The number of hydrogen-bond donors (Lipinski definition) is 0. The third kappa shape index (κ3) is 4.20. The molecule has 0 saturated carbocycles. The fourth-order valence-electron chi connectivity index (χ4n) is 2.76. The van der Waals surface area contributed by atoms with E-state index in [1.54, 1.807) is 5.57 Å². The van der Waals surface area contributed by atoms with Crippen LogP contribution in [-0.2, 0) is 13.0 Å². The smallest absolute Gasteiger partial charge is 0.0406 e. The van der Waals surface area contributed by atoms with Crippen molar-refractivity contribution in [2.75, 3.05) is 13.1 Å². The molecule has 0 atom stereocenters. The highest BCUT2D eigenvalue weighted by atomic mass is 35.5. The predicted molar refractivity (Wildman–Crippen MR) is 89.6 cm³/mol. The van der Waals surface area contributed by atoms with Crippen molar-refractivity contribution in [1.82, 2.24) is 4.90 Å². The normalized spacial score (nSPS) is 15.8. The first kappa shape index (κ1) is 14.4. The number of nitrogens with zero attached hydrogens (tertiary/aromatic N) is 1. The standard InChI is InChI=1S/C19H20ClN/c20-19-8-6-16(7-9-19)14-17-10-12-21(13-11-17)15-18-4-2-1-3-5-18/h1-10H,11-15H2. The maximum Gasteiger partial charge on any atom is 0.0406 e. The lowest BCUT2D eigenvalue weighted by molar-refractivity contribution is 0.285. The third-order valence-corrected chi connectivity index (χ3v) is 4.23. The molecule has 0 aromatic heterocycles. The first-order valence-electron chi connectivity index (χ1n) is 7.48. The summed E-state index contributed by atoms with van der Waals surface area (Å²) in [7, 11) is 0. The van der Waals surface area contributed by atoms with E-state index in [2.05, 4.69) is 53.4 Å². The van der Waals surface area contributed by atoms with E-state index in [1.807, 2.05) is 12.1 Å². The van der Waals surface area contributed by atoms with Crippen LogP contribution in [-0.4, -0.2) is 18.0 Å². The van der Waals surface area contributed by atoms with E-state index in [0.717, 1.165) is 37.5 Å². The minimum atomic E-state index is 0.811. The zero-order valence-electron chi connectivity index (χ0n) is 12.1. The molecule has 0 N–H and O–H groups in total. The Labute approximate surface area is 131 Å². The lowest BCUT2D eigenvalue weighted by Gasteiger charge is -2.26. The lowest BCUT2D eigenvalue weighted by atomic mass is 9.99. The van der Waals surface area contributed by atoms with Gasteiger partial charge < -0.3 is 0 Å². The molecule has 1 nitrogen and oxygen atoms in total. The number of halogens is 1. The van der Waals surface area contributed by atoms with Gasteiger partial charge in [0.05, 0.1) is 0 Å². The molecule has 1 heterocycles. The number of rotatable bonds is 4. The topological polar surface area (TPSA) is 3.24 Å². The molecule has 0 fully saturated rings.